The molecule has 5 nitrogen and oxygen atoms in total. The van der Waals surface area contributed by atoms with Crippen LogP contribution in [-0.2, 0) is 4.74 Å². The summed E-state index contributed by atoms with van der Waals surface area (Å²) >= 11 is 0. The van der Waals surface area contributed by atoms with Gasteiger partial charge in [-0.15, -0.1) is 0 Å². The summed E-state index contributed by atoms with van der Waals surface area (Å²) in [5.41, 5.74) is 5.88. The molecule has 0 amide bonds. The first-order valence-corrected chi connectivity index (χ1v) is 7.87. The fraction of sp³-hybridized carbons (Fsp3) is 0.933. The van der Waals surface area contributed by atoms with Crippen molar-refractivity contribution in [3.05, 3.63) is 0 Å². The first-order valence-electron chi connectivity index (χ1n) is 7.87. The fourth-order valence-electron chi connectivity index (χ4n) is 2.39. The summed E-state index contributed by atoms with van der Waals surface area (Å²) in [6.45, 7) is 10.4. The van der Waals surface area contributed by atoms with Gasteiger partial charge in [0.2, 0.25) is 0 Å². The molecule has 0 unspecified atom stereocenters. The summed E-state index contributed by atoms with van der Waals surface area (Å²) in [5.74, 6) is 1.98. The molecule has 5 heteroatoms. The van der Waals surface area contributed by atoms with Crippen LogP contribution in [-0.4, -0.2) is 57.3 Å². The molecule has 1 fully saturated rings. The number of hydrogen-bond donors (Lipinski definition) is 2. The van der Waals surface area contributed by atoms with Gasteiger partial charge in [0.25, 0.3) is 0 Å². The quantitative estimate of drug-likeness (QED) is 0.521. The number of rotatable bonds is 8. The Morgan fingerprint density at radius 3 is 2.70 bits per heavy atom. The average molecular weight is 284 g/mol. The second-order valence-electron chi connectivity index (χ2n) is 6.11. The lowest BCUT2D eigenvalue weighted by Crippen LogP contribution is -2.37. The normalized spacial score (nSPS) is 18.7. The molecule has 0 radical (unpaired) electrons. The molecule has 0 spiro atoms. The van der Waals surface area contributed by atoms with E-state index < -0.39 is 0 Å². The predicted molar refractivity (Wildman–Crippen MR) is 85.0 cm³/mol. The monoisotopic (exact) mass is 284 g/mol. The van der Waals surface area contributed by atoms with Crippen molar-refractivity contribution in [2.45, 2.75) is 33.1 Å². The molecule has 1 saturated heterocycles. The van der Waals surface area contributed by atoms with Crippen molar-refractivity contribution in [2.24, 2.45) is 22.6 Å². The van der Waals surface area contributed by atoms with Gasteiger partial charge in [0.15, 0.2) is 5.96 Å². The number of ether oxygens (including phenoxy) is 1. The zero-order chi connectivity index (χ0) is 14.8. The highest BCUT2D eigenvalue weighted by molar-refractivity contribution is 5.77. The molecule has 1 aliphatic heterocycles. The SMILES string of the molecule is COCCN1CCC(CN=C(N)NCCC(C)C)CC1. The van der Waals surface area contributed by atoms with E-state index in [1.807, 2.05) is 0 Å². The molecule has 20 heavy (non-hydrogen) atoms. The Hall–Kier alpha value is -0.810. The molecule has 118 valence electrons. The van der Waals surface area contributed by atoms with E-state index in [0.29, 0.717) is 17.8 Å². The largest absolute Gasteiger partial charge is 0.383 e. The Morgan fingerprint density at radius 1 is 1.40 bits per heavy atom. The van der Waals surface area contributed by atoms with E-state index in [-0.39, 0.29) is 0 Å². The maximum atomic E-state index is 5.88. The molecule has 1 aliphatic rings. The lowest BCUT2D eigenvalue weighted by atomic mass is 9.97. The van der Waals surface area contributed by atoms with Gasteiger partial charge in [-0.1, -0.05) is 13.8 Å². The van der Waals surface area contributed by atoms with Crippen LogP contribution in [0.5, 0.6) is 0 Å². The van der Waals surface area contributed by atoms with Crippen molar-refractivity contribution in [2.75, 3.05) is 46.4 Å². The van der Waals surface area contributed by atoms with Crippen LogP contribution in [0.25, 0.3) is 0 Å². The Kier molecular flexibility index (Phi) is 8.62. The molecular formula is C15H32N4O. The molecule has 1 heterocycles. The average Bonchev–Trinajstić information content (AvgIpc) is 2.43. The Balaban J connectivity index is 2.13. The summed E-state index contributed by atoms with van der Waals surface area (Å²) in [6.07, 6.45) is 3.56. The third-order valence-corrected chi connectivity index (χ3v) is 3.87. The first-order chi connectivity index (χ1) is 9.61. The van der Waals surface area contributed by atoms with Crippen LogP contribution in [0, 0.1) is 11.8 Å². The summed E-state index contributed by atoms with van der Waals surface area (Å²) in [5, 5.41) is 3.19. The molecule has 1 rings (SSSR count). The number of guanidine groups is 1. The van der Waals surface area contributed by atoms with E-state index in [2.05, 4.69) is 29.1 Å². The zero-order valence-corrected chi connectivity index (χ0v) is 13.4. The van der Waals surface area contributed by atoms with Gasteiger partial charge in [-0.2, -0.15) is 0 Å². The van der Waals surface area contributed by atoms with Crippen LogP contribution in [0.15, 0.2) is 4.99 Å². The second kappa shape index (κ2) is 10.00. The number of piperidine rings is 1. The van der Waals surface area contributed by atoms with Crippen LogP contribution >= 0.6 is 0 Å². The minimum atomic E-state index is 0.604. The highest BCUT2D eigenvalue weighted by Crippen LogP contribution is 2.17. The number of nitrogens with zero attached hydrogens (tertiary/aromatic N) is 2. The van der Waals surface area contributed by atoms with Crippen LogP contribution in [0.3, 0.4) is 0 Å². The Labute approximate surface area is 124 Å². The van der Waals surface area contributed by atoms with Crippen LogP contribution in [0.1, 0.15) is 33.1 Å². The summed E-state index contributed by atoms with van der Waals surface area (Å²) in [7, 11) is 1.76. The lowest BCUT2D eigenvalue weighted by molar-refractivity contribution is 0.121. The van der Waals surface area contributed by atoms with E-state index >= 15 is 0 Å². The highest BCUT2D eigenvalue weighted by atomic mass is 16.5. The molecule has 0 aromatic rings. The van der Waals surface area contributed by atoms with Crippen LogP contribution in [0.2, 0.25) is 0 Å². The molecule has 0 aromatic heterocycles. The summed E-state index contributed by atoms with van der Waals surface area (Å²) in [4.78, 5) is 6.94. The lowest BCUT2D eigenvalue weighted by Gasteiger charge is -2.30. The number of methoxy groups -OCH3 is 1. The molecule has 0 saturated carbocycles. The van der Waals surface area contributed by atoms with Gasteiger partial charge in [-0.05, 0) is 44.2 Å². The van der Waals surface area contributed by atoms with E-state index in [9.17, 15) is 0 Å². The Bertz CT molecular complexity index is 273. The van der Waals surface area contributed by atoms with Gasteiger partial charge in [0.05, 0.1) is 6.61 Å². The standard InChI is InChI=1S/C15H32N4O/c1-13(2)4-7-17-15(16)18-12-14-5-8-19(9-6-14)10-11-20-3/h13-14H,4-12H2,1-3H3,(H3,16,17,18). The van der Waals surface area contributed by atoms with E-state index in [1.54, 1.807) is 7.11 Å². The molecular weight excluding hydrogens is 252 g/mol. The molecule has 0 aliphatic carbocycles. The Morgan fingerprint density at radius 2 is 2.10 bits per heavy atom. The van der Waals surface area contributed by atoms with E-state index in [1.165, 1.54) is 12.8 Å². The third kappa shape index (κ3) is 7.70. The van der Waals surface area contributed by atoms with Gasteiger partial charge in [0.1, 0.15) is 0 Å². The third-order valence-electron chi connectivity index (χ3n) is 3.87. The fourth-order valence-corrected chi connectivity index (χ4v) is 2.39. The smallest absolute Gasteiger partial charge is 0.188 e. The van der Waals surface area contributed by atoms with Crippen molar-refractivity contribution >= 4 is 5.96 Å². The van der Waals surface area contributed by atoms with Gasteiger partial charge in [-0.3, -0.25) is 4.99 Å². The predicted octanol–water partition coefficient (Wildman–Crippen LogP) is 1.30. The number of likely N-dealkylation sites (tertiary alicyclic amines) is 1. The van der Waals surface area contributed by atoms with Gasteiger partial charge < -0.3 is 20.7 Å². The summed E-state index contributed by atoms with van der Waals surface area (Å²) < 4.78 is 5.12. The van der Waals surface area contributed by atoms with Crippen LogP contribution < -0.4 is 11.1 Å². The minimum Gasteiger partial charge on any atom is -0.383 e. The van der Waals surface area contributed by atoms with Crippen molar-refractivity contribution in [1.82, 2.24) is 10.2 Å². The van der Waals surface area contributed by atoms with Gasteiger partial charge in [0, 0.05) is 26.7 Å². The van der Waals surface area contributed by atoms with Crippen molar-refractivity contribution in [1.29, 1.82) is 0 Å². The maximum Gasteiger partial charge on any atom is 0.188 e. The molecule has 0 aromatic carbocycles. The first kappa shape index (κ1) is 17.2. The molecule has 3 N–H and O–H groups in total. The highest BCUT2D eigenvalue weighted by Gasteiger charge is 2.18. The van der Waals surface area contributed by atoms with Crippen molar-refractivity contribution in [3.63, 3.8) is 0 Å². The molecule has 0 bridgehead atoms. The minimum absolute atomic E-state index is 0.604. The van der Waals surface area contributed by atoms with E-state index in [0.717, 1.165) is 45.8 Å². The van der Waals surface area contributed by atoms with Crippen molar-refractivity contribution in [3.8, 4) is 0 Å². The molecule has 0 atom stereocenters. The van der Waals surface area contributed by atoms with Crippen LogP contribution in [0.4, 0.5) is 0 Å². The topological polar surface area (TPSA) is 62.9 Å². The number of nitrogens with two attached hydrogens (primary N) is 1. The van der Waals surface area contributed by atoms with E-state index in [4.69, 9.17) is 10.5 Å². The number of aliphatic imine (C=N–C) groups is 1. The van der Waals surface area contributed by atoms with Gasteiger partial charge >= 0.3 is 0 Å². The van der Waals surface area contributed by atoms with Gasteiger partial charge in [-0.25, -0.2) is 0 Å². The second-order valence-corrected chi connectivity index (χ2v) is 6.11. The number of hydrogen-bond acceptors (Lipinski definition) is 3. The zero-order valence-electron chi connectivity index (χ0n) is 13.4. The van der Waals surface area contributed by atoms with Crippen molar-refractivity contribution < 1.29 is 4.74 Å². The number of nitrogens with one attached hydrogen (secondary N) is 1. The maximum absolute atomic E-state index is 5.88. The summed E-state index contributed by atoms with van der Waals surface area (Å²) in [6, 6.07) is 0.